The van der Waals surface area contributed by atoms with E-state index in [0.717, 1.165) is 6.42 Å². The van der Waals surface area contributed by atoms with Crippen molar-refractivity contribution in [2.45, 2.75) is 12.4 Å². The summed E-state index contributed by atoms with van der Waals surface area (Å²) in [5, 5.41) is 1.35. The zero-order valence-corrected chi connectivity index (χ0v) is 9.62. The van der Waals surface area contributed by atoms with E-state index in [9.17, 15) is 0 Å². The number of aromatic nitrogens is 1. The summed E-state index contributed by atoms with van der Waals surface area (Å²) < 4.78 is 0. The van der Waals surface area contributed by atoms with E-state index in [1.807, 2.05) is 0 Å². The van der Waals surface area contributed by atoms with Crippen LogP contribution in [0.3, 0.4) is 0 Å². The minimum absolute atomic E-state index is 0.573. The Labute approximate surface area is 91.7 Å². The van der Waals surface area contributed by atoms with Crippen LogP contribution in [0.1, 0.15) is 5.56 Å². The summed E-state index contributed by atoms with van der Waals surface area (Å²) >= 11 is 0. The van der Waals surface area contributed by atoms with Gasteiger partial charge in [-0.15, -0.1) is 0 Å². The first-order valence-electron chi connectivity index (χ1n) is 5.40. The average molecular weight is 200 g/mol. The quantitative estimate of drug-likeness (QED) is 0.738. The predicted molar refractivity (Wildman–Crippen MR) is 68.0 cm³/mol. The fourth-order valence-electron chi connectivity index (χ4n) is 1.80. The molecule has 1 unspecified atom stereocenters. The minimum atomic E-state index is 0.573. The predicted octanol–water partition coefficient (Wildman–Crippen LogP) is 1.23. The molecule has 0 aliphatic rings. The van der Waals surface area contributed by atoms with Gasteiger partial charge in [0.05, 0.1) is 0 Å². The molecule has 0 radical (unpaired) electrons. The van der Waals surface area contributed by atoms with Crippen molar-refractivity contribution in [3.8, 4) is 0 Å². The van der Waals surface area contributed by atoms with Gasteiger partial charge in [-0.25, -0.2) is 0 Å². The summed E-state index contributed by atoms with van der Waals surface area (Å²) in [5.41, 5.74) is 2.64. The fourth-order valence-corrected chi connectivity index (χ4v) is 1.80. The number of nitrogens with zero attached hydrogens (tertiary/aromatic N) is 1. The third-order valence-corrected chi connectivity index (χ3v) is 3.07. The van der Waals surface area contributed by atoms with E-state index in [1.54, 1.807) is 0 Å². The highest BCUT2D eigenvalue weighted by Crippen LogP contribution is 2.19. The topological polar surface area (TPSA) is 19.0 Å². The van der Waals surface area contributed by atoms with Crippen LogP contribution in [-0.2, 0) is 6.42 Å². The van der Waals surface area contributed by atoms with Crippen molar-refractivity contribution in [3.05, 3.63) is 36.0 Å². The van der Waals surface area contributed by atoms with E-state index in [1.165, 1.54) is 16.5 Å². The number of H-pyrrole nitrogens is 1. The first-order valence-corrected chi connectivity index (χ1v) is 5.40. The highest BCUT2D eigenvalue weighted by molar-refractivity contribution is 6.12. The maximum absolute atomic E-state index is 3.31. The Balaban J connectivity index is 2.29. The van der Waals surface area contributed by atoms with Gasteiger partial charge < -0.3 is 9.88 Å². The number of hydrogen-bond donors (Lipinski definition) is 1. The fraction of sp³-hybridized carbons (Fsp3) is 0.333. The first kappa shape index (κ1) is 10.3. The summed E-state index contributed by atoms with van der Waals surface area (Å²) in [6, 6.07) is 8.47. The zero-order chi connectivity index (χ0) is 10.8. The molecule has 1 atom stereocenters. The minimum Gasteiger partial charge on any atom is -0.361 e. The van der Waals surface area contributed by atoms with Gasteiger partial charge in [0.1, 0.15) is 7.85 Å². The summed E-state index contributed by atoms with van der Waals surface area (Å²) in [7, 11) is 6.50. The van der Waals surface area contributed by atoms with Crippen molar-refractivity contribution >= 4 is 18.7 Å². The molecule has 3 heteroatoms. The summed E-state index contributed by atoms with van der Waals surface area (Å²) in [6.07, 6.45) is 3.22. The van der Waals surface area contributed by atoms with Gasteiger partial charge in [0, 0.05) is 17.1 Å². The number of fused-ring (bicyclic) bond motifs is 1. The molecule has 1 heterocycles. The largest absolute Gasteiger partial charge is 0.361 e. The molecule has 0 bridgehead atoms. The number of nitrogens with one attached hydrogen (secondary N) is 1. The van der Waals surface area contributed by atoms with Crippen LogP contribution < -0.4 is 0 Å². The van der Waals surface area contributed by atoms with Gasteiger partial charge in [-0.1, -0.05) is 18.2 Å². The second-order valence-corrected chi connectivity index (χ2v) is 4.38. The molecule has 2 nitrogen and oxygen atoms in total. The molecule has 2 aromatic rings. The third kappa shape index (κ3) is 2.07. The van der Waals surface area contributed by atoms with E-state index < -0.39 is 0 Å². The molecule has 1 aromatic heterocycles. The second-order valence-electron chi connectivity index (χ2n) is 4.38. The molecule has 78 valence electrons. The lowest BCUT2D eigenvalue weighted by molar-refractivity contribution is 0.374. The Hall–Kier alpha value is -1.22. The number of benzene rings is 1. The molecule has 2 rings (SSSR count). The molecule has 15 heavy (non-hydrogen) atoms. The molecular weight excluding hydrogens is 183 g/mol. The van der Waals surface area contributed by atoms with E-state index in [0.29, 0.717) is 5.94 Å². The summed E-state index contributed by atoms with van der Waals surface area (Å²) in [4.78, 5) is 5.57. The number of rotatable bonds is 3. The van der Waals surface area contributed by atoms with Crippen LogP contribution in [0.4, 0.5) is 0 Å². The van der Waals surface area contributed by atoms with Crippen molar-refractivity contribution < 1.29 is 0 Å². The molecule has 1 aromatic carbocycles. The number of aromatic amines is 1. The molecular formula is C12H17BN2. The second kappa shape index (κ2) is 4.11. The number of likely N-dealkylation sites (N-methyl/N-ethyl adjacent to an activating group) is 1. The van der Waals surface area contributed by atoms with E-state index in [4.69, 9.17) is 0 Å². The Morgan fingerprint density at radius 1 is 1.33 bits per heavy atom. The van der Waals surface area contributed by atoms with Gasteiger partial charge in [0.15, 0.2) is 0 Å². The van der Waals surface area contributed by atoms with Gasteiger partial charge >= 0.3 is 0 Å². The van der Waals surface area contributed by atoms with Crippen LogP contribution in [0.2, 0.25) is 0 Å². The molecule has 0 saturated carbocycles. The van der Waals surface area contributed by atoms with E-state index >= 15 is 0 Å². The average Bonchev–Trinajstić information content (AvgIpc) is 2.62. The lowest BCUT2D eigenvalue weighted by Gasteiger charge is -2.19. The SMILES string of the molecule is BC(Cc1c[nH]c2ccccc12)N(C)C. The third-order valence-electron chi connectivity index (χ3n) is 3.07. The Morgan fingerprint density at radius 2 is 2.07 bits per heavy atom. The van der Waals surface area contributed by atoms with Crippen molar-refractivity contribution in [1.82, 2.24) is 9.88 Å². The maximum atomic E-state index is 3.31. The van der Waals surface area contributed by atoms with Gasteiger partial charge in [0.2, 0.25) is 0 Å². The Bertz CT molecular complexity index is 448. The maximum Gasteiger partial charge on any atom is 0.124 e. The first-order chi connectivity index (χ1) is 7.18. The molecule has 0 aliphatic carbocycles. The van der Waals surface area contributed by atoms with Crippen molar-refractivity contribution in [1.29, 1.82) is 0 Å². The molecule has 0 fully saturated rings. The van der Waals surface area contributed by atoms with E-state index in [-0.39, 0.29) is 0 Å². The normalized spacial score (nSPS) is 13.5. The van der Waals surface area contributed by atoms with Crippen molar-refractivity contribution in [3.63, 3.8) is 0 Å². The highest BCUT2D eigenvalue weighted by Gasteiger charge is 2.09. The van der Waals surface area contributed by atoms with Crippen LogP contribution in [0.5, 0.6) is 0 Å². The highest BCUT2D eigenvalue weighted by atomic mass is 15.1. The molecule has 1 N–H and O–H groups in total. The molecule has 0 spiro atoms. The van der Waals surface area contributed by atoms with Gasteiger partial charge in [-0.2, -0.15) is 0 Å². The molecule has 0 aliphatic heterocycles. The lowest BCUT2D eigenvalue weighted by atomic mass is 9.89. The van der Waals surface area contributed by atoms with Crippen molar-refractivity contribution in [2.24, 2.45) is 0 Å². The smallest absolute Gasteiger partial charge is 0.124 e. The number of hydrogen-bond acceptors (Lipinski definition) is 1. The monoisotopic (exact) mass is 200 g/mol. The summed E-state index contributed by atoms with van der Waals surface area (Å²) in [6.45, 7) is 0. The van der Waals surface area contributed by atoms with E-state index in [2.05, 4.69) is 62.3 Å². The standard InChI is InChI=1S/C12H17BN2/c1-15(2)12(13)7-9-8-14-11-6-4-3-5-10(9)11/h3-6,8,12,14H,7,13H2,1-2H3. The van der Waals surface area contributed by atoms with Crippen LogP contribution in [-0.4, -0.2) is 37.8 Å². The van der Waals surface area contributed by atoms with Gasteiger partial charge in [-0.3, -0.25) is 0 Å². The van der Waals surface area contributed by atoms with Crippen molar-refractivity contribution in [2.75, 3.05) is 14.1 Å². The number of para-hydroxylation sites is 1. The Kier molecular flexibility index (Phi) is 2.82. The Morgan fingerprint density at radius 3 is 2.80 bits per heavy atom. The van der Waals surface area contributed by atoms with Crippen LogP contribution >= 0.6 is 0 Å². The van der Waals surface area contributed by atoms with Gasteiger partial charge in [-0.05, 0) is 38.1 Å². The lowest BCUT2D eigenvalue weighted by Crippen LogP contribution is -2.30. The molecule has 0 saturated heterocycles. The van der Waals surface area contributed by atoms with Crippen LogP contribution in [0.25, 0.3) is 10.9 Å². The van der Waals surface area contributed by atoms with Crippen LogP contribution in [0, 0.1) is 0 Å². The zero-order valence-electron chi connectivity index (χ0n) is 9.62. The van der Waals surface area contributed by atoms with Crippen LogP contribution in [0.15, 0.2) is 30.5 Å². The van der Waals surface area contributed by atoms with Gasteiger partial charge in [0.25, 0.3) is 0 Å². The summed E-state index contributed by atoms with van der Waals surface area (Å²) in [5.74, 6) is 0.573. The molecule has 0 amide bonds.